The van der Waals surface area contributed by atoms with Crippen molar-refractivity contribution in [3.63, 3.8) is 0 Å². The normalized spacial score (nSPS) is 17.5. The van der Waals surface area contributed by atoms with Crippen LogP contribution >= 0.6 is 11.8 Å². The molecule has 178 valence electrons. The van der Waals surface area contributed by atoms with E-state index in [1.54, 1.807) is 11.8 Å². The van der Waals surface area contributed by atoms with Crippen molar-refractivity contribution in [2.45, 2.75) is 48.1 Å². The van der Waals surface area contributed by atoms with Gasteiger partial charge in [0.2, 0.25) is 11.9 Å². The van der Waals surface area contributed by atoms with Gasteiger partial charge in [-0.05, 0) is 42.2 Å². The first-order valence-electron chi connectivity index (χ1n) is 11.9. The predicted octanol–water partition coefficient (Wildman–Crippen LogP) is 5.25. The summed E-state index contributed by atoms with van der Waals surface area (Å²) in [5, 5.41) is 14.1. The quantitative estimate of drug-likeness (QED) is 0.316. The number of rotatable bonds is 8. The zero-order chi connectivity index (χ0) is 24.2. The smallest absolute Gasteiger partial charge is 0.223 e. The largest absolute Gasteiger partial charge is 0.392 e. The molecule has 0 aliphatic heterocycles. The van der Waals surface area contributed by atoms with Crippen molar-refractivity contribution in [1.82, 2.24) is 9.97 Å². The number of fused-ring (bicyclic) bond motifs is 1. The Labute approximate surface area is 209 Å². The van der Waals surface area contributed by atoms with Crippen LogP contribution in [0.15, 0.2) is 82.6 Å². The zero-order valence-electron chi connectivity index (χ0n) is 19.4. The van der Waals surface area contributed by atoms with E-state index in [1.165, 1.54) is 0 Å². The Morgan fingerprint density at radius 1 is 0.943 bits per heavy atom. The number of carbonyl (C=O) groups is 1. The Bertz CT molecular complexity index is 1360. The summed E-state index contributed by atoms with van der Waals surface area (Å²) in [5.41, 5.74) is 9.50. The second-order valence-corrected chi connectivity index (χ2v) is 9.91. The van der Waals surface area contributed by atoms with E-state index in [9.17, 15) is 9.90 Å². The first-order valence-corrected chi connectivity index (χ1v) is 12.7. The van der Waals surface area contributed by atoms with Gasteiger partial charge in [0.25, 0.3) is 0 Å². The molecule has 1 aliphatic carbocycles. The number of carbonyl (C=O) groups excluding carboxylic acids is 1. The lowest BCUT2D eigenvalue weighted by Crippen LogP contribution is -2.26. The molecule has 3 aromatic carbocycles. The molecule has 1 saturated carbocycles. The van der Waals surface area contributed by atoms with Gasteiger partial charge in [-0.25, -0.2) is 9.97 Å². The van der Waals surface area contributed by atoms with Gasteiger partial charge in [-0.2, -0.15) is 0 Å². The molecule has 0 radical (unpaired) electrons. The molecule has 1 aromatic heterocycles. The Kier molecular flexibility index (Phi) is 6.97. The number of para-hydroxylation sites is 1. The molecule has 1 fully saturated rings. The lowest BCUT2D eigenvalue weighted by atomic mass is 9.90. The van der Waals surface area contributed by atoms with Gasteiger partial charge in [0.1, 0.15) is 0 Å². The maximum atomic E-state index is 12.1. The molecule has 2 atom stereocenters. The highest BCUT2D eigenvalue weighted by atomic mass is 32.2. The third-order valence-corrected chi connectivity index (χ3v) is 7.87. The molecular weight excluding hydrogens is 456 g/mol. The molecule has 1 unspecified atom stereocenters. The average molecular weight is 485 g/mol. The standard InChI is InChI=1S/C28H28N4O2S/c29-27(34)21-12-7-11-20(21)26-22-10-3-4-13-23(22)31-28(32-26)30-16-18-8-1-5-14-24(18)35-25-15-6-2-9-19(25)17-33/h1-6,8-10,13-15,20-21,33H,7,11-12,16-17H2,(H2,29,34)(H,30,31,32)/t20?,21-/m1/s1. The van der Waals surface area contributed by atoms with E-state index < -0.39 is 0 Å². The molecule has 1 heterocycles. The van der Waals surface area contributed by atoms with Crippen LogP contribution in [-0.2, 0) is 17.9 Å². The van der Waals surface area contributed by atoms with Crippen molar-refractivity contribution in [3.05, 3.63) is 89.6 Å². The molecule has 5 rings (SSSR count). The van der Waals surface area contributed by atoms with Crippen LogP contribution in [0.3, 0.4) is 0 Å². The summed E-state index contributed by atoms with van der Waals surface area (Å²) in [4.78, 5) is 23.9. The number of nitrogens with two attached hydrogens (primary N) is 1. The molecular formula is C28H28N4O2S. The summed E-state index contributed by atoms with van der Waals surface area (Å²) >= 11 is 1.64. The maximum absolute atomic E-state index is 12.1. The number of aliphatic hydroxyl groups excluding tert-OH is 1. The van der Waals surface area contributed by atoms with Gasteiger partial charge in [0.15, 0.2) is 0 Å². The van der Waals surface area contributed by atoms with Gasteiger partial charge in [-0.3, -0.25) is 4.79 Å². The van der Waals surface area contributed by atoms with Crippen molar-refractivity contribution in [2.24, 2.45) is 11.7 Å². The van der Waals surface area contributed by atoms with Crippen molar-refractivity contribution in [3.8, 4) is 0 Å². The fraction of sp³-hybridized carbons (Fsp3) is 0.250. The number of benzene rings is 3. The number of aromatic nitrogens is 2. The van der Waals surface area contributed by atoms with Crippen LogP contribution in [0.4, 0.5) is 5.95 Å². The van der Waals surface area contributed by atoms with Gasteiger partial charge in [-0.15, -0.1) is 0 Å². The van der Waals surface area contributed by atoms with Crippen molar-refractivity contribution >= 4 is 34.5 Å². The maximum Gasteiger partial charge on any atom is 0.223 e. The number of amides is 1. The summed E-state index contributed by atoms with van der Waals surface area (Å²) in [5.74, 6) is 0.117. The minimum absolute atomic E-state index is 0.00472. The summed E-state index contributed by atoms with van der Waals surface area (Å²) in [7, 11) is 0. The first-order chi connectivity index (χ1) is 17.1. The molecule has 35 heavy (non-hydrogen) atoms. The van der Waals surface area contributed by atoms with Crippen LogP contribution in [0, 0.1) is 5.92 Å². The molecule has 4 N–H and O–H groups in total. The fourth-order valence-electron chi connectivity index (χ4n) is 4.87. The number of hydrogen-bond acceptors (Lipinski definition) is 6. The average Bonchev–Trinajstić information content (AvgIpc) is 3.38. The van der Waals surface area contributed by atoms with Crippen LogP contribution < -0.4 is 11.1 Å². The predicted molar refractivity (Wildman–Crippen MR) is 139 cm³/mol. The minimum atomic E-state index is -0.251. The van der Waals surface area contributed by atoms with E-state index in [0.29, 0.717) is 12.5 Å². The molecule has 1 aliphatic rings. The SMILES string of the molecule is NC(=O)[C@@H]1CCCC1c1nc(NCc2ccccc2Sc2ccccc2CO)nc2ccccc12. The summed E-state index contributed by atoms with van der Waals surface area (Å²) in [6.45, 7) is 0.553. The van der Waals surface area contributed by atoms with Gasteiger partial charge < -0.3 is 16.2 Å². The Hall–Kier alpha value is -3.42. The van der Waals surface area contributed by atoms with E-state index in [0.717, 1.165) is 56.8 Å². The van der Waals surface area contributed by atoms with Gasteiger partial charge in [0, 0.05) is 33.6 Å². The van der Waals surface area contributed by atoms with Crippen LogP contribution in [0.1, 0.15) is 42.0 Å². The van der Waals surface area contributed by atoms with Gasteiger partial charge >= 0.3 is 0 Å². The number of nitrogens with zero attached hydrogens (tertiary/aromatic N) is 2. The van der Waals surface area contributed by atoms with E-state index in [-0.39, 0.29) is 24.3 Å². The van der Waals surface area contributed by atoms with E-state index in [2.05, 4.69) is 17.4 Å². The molecule has 7 heteroatoms. The number of hydrogen-bond donors (Lipinski definition) is 3. The third kappa shape index (κ3) is 5.01. The van der Waals surface area contributed by atoms with Crippen LogP contribution in [0.2, 0.25) is 0 Å². The molecule has 1 amide bonds. The van der Waals surface area contributed by atoms with Crippen LogP contribution in [0.5, 0.6) is 0 Å². The summed E-state index contributed by atoms with van der Waals surface area (Å²) < 4.78 is 0. The summed E-state index contributed by atoms with van der Waals surface area (Å²) in [6, 6.07) is 24.0. The number of primary amides is 1. The summed E-state index contributed by atoms with van der Waals surface area (Å²) in [6.07, 6.45) is 2.68. The first kappa shape index (κ1) is 23.3. The van der Waals surface area contributed by atoms with Crippen LogP contribution in [-0.4, -0.2) is 21.0 Å². The number of anilines is 1. The second kappa shape index (κ2) is 10.5. The lowest BCUT2D eigenvalue weighted by Gasteiger charge is -2.19. The highest BCUT2D eigenvalue weighted by molar-refractivity contribution is 7.99. The highest BCUT2D eigenvalue weighted by Gasteiger charge is 2.35. The van der Waals surface area contributed by atoms with Crippen molar-refractivity contribution in [1.29, 1.82) is 0 Å². The van der Waals surface area contributed by atoms with E-state index in [4.69, 9.17) is 15.7 Å². The molecule has 6 nitrogen and oxygen atoms in total. The topological polar surface area (TPSA) is 101 Å². The van der Waals surface area contributed by atoms with Gasteiger partial charge in [-0.1, -0.05) is 72.8 Å². The third-order valence-electron chi connectivity index (χ3n) is 6.64. The fourth-order valence-corrected chi connectivity index (χ4v) is 5.93. The zero-order valence-corrected chi connectivity index (χ0v) is 20.2. The monoisotopic (exact) mass is 484 g/mol. The minimum Gasteiger partial charge on any atom is -0.392 e. The highest BCUT2D eigenvalue weighted by Crippen LogP contribution is 2.41. The lowest BCUT2D eigenvalue weighted by molar-refractivity contribution is -0.122. The van der Waals surface area contributed by atoms with E-state index in [1.807, 2.05) is 60.7 Å². The van der Waals surface area contributed by atoms with Crippen molar-refractivity contribution in [2.75, 3.05) is 5.32 Å². The van der Waals surface area contributed by atoms with Crippen LogP contribution in [0.25, 0.3) is 10.9 Å². The van der Waals surface area contributed by atoms with E-state index >= 15 is 0 Å². The Morgan fingerprint density at radius 2 is 1.63 bits per heavy atom. The number of aliphatic hydroxyl groups is 1. The Balaban J connectivity index is 1.43. The molecule has 0 saturated heterocycles. The second-order valence-electron chi connectivity index (χ2n) is 8.83. The Morgan fingerprint density at radius 3 is 2.40 bits per heavy atom. The van der Waals surface area contributed by atoms with Crippen molar-refractivity contribution < 1.29 is 9.90 Å². The molecule has 0 spiro atoms. The molecule has 4 aromatic rings. The van der Waals surface area contributed by atoms with Gasteiger partial charge in [0.05, 0.1) is 17.8 Å². The number of nitrogens with one attached hydrogen (secondary N) is 1. The molecule has 0 bridgehead atoms.